The summed E-state index contributed by atoms with van der Waals surface area (Å²) in [5.74, 6) is 1.39. The van der Waals surface area contributed by atoms with E-state index in [1.165, 1.54) is 0 Å². The number of aliphatic hydroxyl groups excluding tert-OH is 1. The van der Waals surface area contributed by atoms with Crippen LogP contribution >= 0.6 is 0 Å². The minimum absolute atomic E-state index is 0.207. The van der Waals surface area contributed by atoms with Crippen LogP contribution in [-0.4, -0.2) is 48.7 Å². The van der Waals surface area contributed by atoms with Gasteiger partial charge in [0.15, 0.2) is 0 Å². The Morgan fingerprint density at radius 1 is 1.29 bits per heavy atom. The molecule has 3 N–H and O–H groups in total. The predicted octanol–water partition coefficient (Wildman–Crippen LogP) is 1.33. The average molecular weight is 295 g/mol. The molecule has 1 aromatic carbocycles. The molecule has 0 bridgehead atoms. The van der Waals surface area contributed by atoms with Gasteiger partial charge >= 0.3 is 0 Å². The lowest BCUT2D eigenvalue weighted by molar-refractivity contribution is 0.0406. The first-order valence-corrected chi connectivity index (χ1v) is 7.49. The first-order valence-electron chi connectivity index (χ1n) is 7.49. The number of benzene rings is 1. The molecule has 1 aliphatic rings. The van der Waals surface area contributed by atoms with E-state index in [1.807, 2.05) is 18.2 Å². The molecule has 118 valence electrons. The first-order chi connectivity index (χ1) is 10.1. The third-order valence-corrected chi connectivity index (χ3v) is 3.85. The maximum Gasteiger partial charge on any atom is 0.123 e. The van der Waals surface area contributed by atoms with E-state index in [1.54, 1.807) is 13.2 Å². The lowest BCUT2D eigenvalue weighted by Crippen LogP contribution is -2.42. The fourth-order valence-corrected chi connectivity index (χ4v) is 2.62. The third-order valence-electron chi connectivity index (χ3n) is 3.85. The molecule has 0 saturated heterocycles. The minimum Gasteiger partial charge on any atom is -0.497 e. The molecule has 0 aliphatic heterocycles. The van der Waals surface area contributed by atoms with Crippen molar-refractivity contribution in [3.05, 3.63) is 24.3 Å². The van der Waals surface area contributed by atoms with Crippen LogP contribution in [0.5, 0.6) is 11.5 Å². The fourth-order valence-electron chi connectivity index (χ4n) is 2.62. The fraction of sp³-hybridized carbons (Fsp3) is 0.625. The highest BCUT2D eigenvalue weighted by molar-refractivity contribution is 5.32. The Morgan fingerprint density at radius 3 is 2.71 bits per heavy atom. The molecule has 1 atom stereocenters. The predicted molar refractivity (Wildman–Crippen MR) is 80.8 cm³/mol. The SMILES string of the molecule is COc1cccc(OCC(O)CNCC2(O)CCCC2)c1. The van der Waals surface area contributed by atoms with E-state index >= 15 is 0 Å². The van der Waals surface area contributed by atoms with Gasteiger partial charge in [-0.3, -0.25) is 0 Å². The van der Waals surface area contributed by atoms with Gasteiger partial charge in [0.25, 0.3) is 0 Å². The van der Waals surface area contributed by atoms with E-state index in [9.17, 15) is 10.2 Å². The van der Waals surface area contributed by atoms with E-state index in [0.29, 0.717) is 18.8 Å². The van der Waals surface area contributed by atoms with E-state index in [-0.39, 0.29) is 6.61 Å². The topological polar surface area (TPSA) is 71.0 Å². The quantitative estimate of drug-likeness (QED) is 0.675. The monoisotopic (exact) mass is 295 g/mol. The summed E-state index contributed by atoms with van der Waals surface area (Å²) in [7, 11) is 1.60. The molecule has 1 unspecified atom stereocenters. The van der Waals surface area contributed by atoms with E-state index < -0.39 is 11.7 Å². The molecule has 21 heavy (non-hydrogen) atoms. The van der Waals surface area contributed by atoms with Gasteiger partial charge in [-0.2, -0.15) is 0 Å². The zero-order valence-corrected chi connectivity index (χ0v) is 12.5. The Hall–Kier alpha value is -1.30. The second-order valence-corrected chi connectivity index (χ2v) is 5.71. The van der Waals surface area contributed by atoms with Gasteiger partial charge in [-0.15, -0.1) is 0 Å². The number of hydrogen-bond acceptors (Lipinski definition) is 5. The van der Waals surface area contributed by atoms with Crippen molar-refractivity contribution in [1.82, 2.24) is 5.32 Å². The van der Waals surface area contributed by atoms with Crippen LogP contribution in [0.4, 0.5) is 0 Å². The Balaban J connectivity index is 1.66. The van der Waals surface area contributed by atoms with Crippen LogP contribution in [0, 0.1) is 0 Å². The second-order valence-electron chi connectivity index (χ2n) is 5.71. The molecule has 0 spiro atoms. The molecule has 0 amide bonds. The number of nitrogens with one attached hydrogen (secondary N) is 1. The number of rotatable bonds is 8. The Labute approximate surface area is 125 Å². The van der Waals surface area contributed by atoms with Gasteiger partial charge in [0.2, 0.25) is 0 Å². The number of aliphatic hydroxyl groups is 2. The summed E-state index contributed by atoms with van der Waals surface area (Å²) in [5.41, 5.74) is -0.590. The molecule has 1 fully saturated rings. The van der Waals surface area contributed by atoms with E-state index in [0.717, 1.165) is 31.4 Å². The number of methoxy groups -OCH3 is 1. The Kier molecular flexibility index (Phi) is 5.85. The van der Waals surface area contributed by atoms with Gasteiger partial charge in [-0.05, 0) is 25.0 Å². The van der Waals surface area contributed by atoms with Gasteiger partial charge in [-0.1, -0.05) is 18.9 Å². The molecule has 2 rings (SSSR count). The van der Waals surface area contributed by atoms with Crippen LogP contribution in [0.1, 0.15) is 25.7 Å². The molecule has 1 aliphatic carbocycles. The van der Waals surface area contributed by atoms with Crippen LogP contribution < -0.4 is 14.8 Å². The van der Waals surface area contributed by atoms with Crippen LogP contribution in [0.15, 0.2) is 24.3 Å². The Bertz CT molecular complexity index is 432. The molecule has 5 nitrogen and oxygen atoms in total. The molecule has 0 heterocycles. The molecule has 5 heteroatoms. The number of hydrogen-bond donors (Lipinski definition) is 3. The molecular formula is C16H25NO4. The van der Waals surface area contributed by atoms with Crippen molar-refractivity contribution in [2.45, 2.75) is 37.4 Å². The maximum absolute atomic E-state index is 10.2. The van der Waals surface area contributed by atoms with Gasteiger partial charge in [0.1, 0.15) is 24.2 Å². The van der Waals surface area contributed by atoms with Crippen molar-refractivity contribution < 1.29 is 19.7 Å². The van der Waals surface area contributed by atoms with Crippen molar-refractivity contribution in [3.63, 3.8) is 0 Å². The summed E-state index contributed by atoms with van der Waals surface area (Å²) in [6.45, 7) is 1.15. The zero-order valence-electron chi connectivity index (χ0n) is 12.5. The maximum atomic E-state index is 10.2. The standard InChI is InChI=1S/C16H25NO4/c1-20-14-5-4-6-15(9-14)21-11-13(18)10-17-12-16(19)7-2-3-8-16/h4-6,9,13,17-19H,2-3,7-8,10-12H2,1H3. The zero-order chi connectivity index (χ0) is 15.1. The lowest BCUT2D eigenvalue weighted by Gasteiger charge is -2.23. The van der Waals surface area contributed by atoms with E-state index in [2.05, 4.69) is 5.32 Å². The highest BCUT2D eigenvalue weighted by atomic mass is 16.5. The van der Waals surface area contributed by atoms with Crippen molar-refractivity contribution in [2.24, 2.45) is 0 Å². The average Bonchev–Trinajstić information content (AvgIpc) is 2.92. The third kappa shape index (κ3) is 5.19. The van der Waals surface area contributed by atoms with Gasteiger partial charge in [-0.25, -0.2) is 0 Å². The van der Waals surface area contributed by atoms with Gasteiger partial charge in [0.05, 0.1) is 12.7 Å². The summed E-state index contributed by atoms with van der Waals surface area (Å²) >= 11 is 0. The summed E-state index contributed by atoms with van der Waals surface area (Å²) in [5, 5.41) is 23.2. The van der Waals surface area contributed by atoms with Crippen LogP contribution in [-0.2, 0) is 0 Å². The van der Waals surface area contributed by atoms with Crippen molar-refractivity contribution in [2.75, 3.05) is 26.8 Å². The first kappa shape index (κ1) is 16.1. The van der Waals surface area contributed by atoms with Gasteiger partial charge in [0, 0.05) is 19.2 Å². The largest absolute Gasteiger partial charge is 0.497 e. The normalized spacial score (nSPS) is 18.4. The summed E-state index contributed by atoms with van der Waals surface area (Å²) in [4.78, 5) is 0. The van der Waals surface area contributed by atoms with Crippen molar-refractivity contribution >= 4 is 0 Å². The molecule has 0 radical (unpaired) electrons. The highest BCUT2D eigenvalue weighted by Gasteiger charge is 2.30. The summed E-state index contributed by atoms with van der Waals surface area (Å²) in [6, 6.07) is 7.28. The molecule has 1 aromatic rings. The van der Waals surface area contributed by atoms with Crippen LogP contribution in [0.25, 0.3) is 0 Å². The van der Waals surface area contributed by atoms with Crippen molar-refractivity contribution in [1.29, 1.82) is 0 Å². The molecule has 0 aromatic heterocycles. The molecular weight excluding hydrogens is 270 g/mol. The van der Waals surface area contributed by atoms with E-state index in [4.69, 9.17) is 9.47 Å². The second kappa shape index (κ2) is 7.64. The highest BCUT2D eigenvalue weighted by Crippen LogP contribution is 2.28. The smallest absolute Gasteiger partial charge is 0.123 e. The van der Waals surface area contributed by atoms with Crippen LogP contribution in [0.2, 0.25) is 0 Å². The summed E-state index contributed by atoms with van der Waals surface area (Å²) in [6.07, 6.45) is 3.24. The molecule has 1 saturated carbocycles. The lowest BCUT2D eigenvalue weighted by atomic mass is 10.0. The van der Waals surface area contributed by atoms with Crippen LogP contribution in [0.3, 0.4) is 0 Å². The number of ether oxygens (including phenoxy) is 2. The summed E-state index contributed by atoms with van der Waals surface area (Å²) < 4.78 is 10.6. The van der Waals surface area contributed by atoms with Crippen molar-refractivity contribution in [3.8, 4) is 11.5 Å². The minimum atomic E-state index is -0.610. The van der Waals surface area contributed by atoms with Gasteiger partial charge < -0.3 is 25.0 Å². The Morgan fingerprint density at radius 2 is 2.00 bits per heavy atom.